The van der Waals surface area contributed by atoms with Crippen molar-refractivity contribution in [2.75, 3.05) is 13.2 Å². The van der Waals surface area contributed by atoms with Crippen LogP contribution in [0.25, 0.3) is 0 Å². The molecule has 0 aliphatic carbocycles. The number of halogens is 2. The van der Waals surface area contributed by atoms with E-state index in [1.54, 1.807) is 6.07 Å². The van der Waals surface area contributed by atoms with Gasteiger partial charge in [-0.2, -0.15) is 0 Å². The molecule has 0 unspecified atom stereocenters. The first-order valence-electron chi connectivity index (χ1n) is 5.44. The number of carbonyl (C=O) groups is 1. The zero-order chi connectivity index (χ0) is 13.2. The lowest BCUT2D eigenvalue weighted by atomic mass is 10.0. The van der Waals surface area contributed by atoms with Crippen LogP contribution >= 0.6 is 0 Å². The van der Waals surface area contributed by atoms with Crippen molar-refractivity contribution in [1.29, 1.82) is 0 Å². The maximum atomic E-state index is 13.3. The molecule has 98 valence electrons. The van der Waals surface area contributed by atoms with Crippen LogP contribution in [0.2, 0.25) is 0 Å². The van der Waals surface area contributed by atoms with Crippen molar-refractivity contribution in [3.63, 3.8) is 0 Å². The van der Waals surface area contributed by atoms with E-state index in [1.807, 2.05) is 0 Å². The molecular weight excluding hydrogens is 246 g/mol. The van der Waals surface area contributed by atoms with Gasteiger partial charge in [0.1, 0.15) is 19.6 Å². The topological polar surface area (TPSA) is 55.8 Å². The van der Waals surface area contributed by atoms with Crippen LogP contribution in [0.5, 0.6) is 11.5 Å². The summed E-state index contributed by atoms with van der Waals surface area (Å²) < 4.78 is 37.2. The summed E-state index contributed by atoms with van der Waals surface area (Å²) in [6, 6.07) is 4.51. The van der Waals surface area contributed by atoms with Crippen molar-refractivity contribution in [3.8, 4) is 11.5 Å². The Balaban J connectivity index is 2.12. The highest BCUT2D eigenvalue weighted by molar-refractivity contribution is 5.67. The van der Waals surface area contributed by atoms with Gasteiger partial charge in [0.25, 0.3) is 5.92 Å². The highest BCUT2D eigenvalue weighted by Crippen LogP contribution is 2.33. The zero-order valence-corrected chi connectivity index (χ0v) is 9.49. The van der Waals surface area contributed by atoms with Gasteiger partial charge in [0.2, 0.25) is 0 Å². The van der Waals surface area contributed by atoms with Crippen LogP contribution in [0, 0.1) is 0 Å². The van der Waals surface area contributed by atoms with E-state index in [9.17, 15) is 13.6 Å². The van der Waals surface area contributed by atoms with E-state index in [1.165, 1.54) is 12.1 Å². The Labute approximate surface area is 102 Å². The smallest absolute Gasteiger partial charge is 0.309 e. The number of fused-ring (bicyclic) bond motifs is 1. The lowest BCUT2D eigenvalue weighted by Crippen LogP contribution is -2.24. The maximum Gasteiger partial charge on any atom is 0.309 e. The van der Waals surface area contributed by atoms with Crippen LogP contribution in [-0.2, 0) is 11.2 Å². The summed E-state index contributed by atoms with van der Waals surface area (Å²) in [5.74, 6) is -3.84. The van der Waals surface area contributed by atoms with E-state index in [0.717, 1.165) is 0 Å². The first-order valence-corrected chi connectivity index (χ1v) is 5.44. The fourth-order valence-corrected chi connectivity index (χ4v) is 1.78. The summed E-state index contributed by atoms with van der Waals surface area (Å²) in [4.78, 5) is 10.3. The Kier molecular flexibility index (Phi) is 3.36. The number of hydrogen-bond donors (Lipinski definition) is 1. The number of rotatable bonds is 4. The molecule has 0 spiro atoms. The van der Waals surface area contributed by atoms with Gasteiger partial charge in [0, 0.05) is 6.42 Å². The van der Waals surface area contributed by atoms with Gasteiger partial charge in [0.05, 0.1) is 0 Å². The molecule has 1 heterocycles. The minimum absolute atomic E-state index is 0.325. The average molecular weight is 258 g/mol. The molecule has 0 saturated carbocycles. The Bertz CT molecular complexity index is 459. The molecule has 2 rings (SSSR count). The molecule has 1 aromatic carbocycles. The number of ether oxygens (including phenoxy) is 2. The maximum absolute atomic E-state index is 13.3. The van der Waals surface area contributed by atoms with Gasteiger partial charge in [-0.05, 0) is 17.7 Å². The number of alkyl halides is 2. The van der Waals surface area contributed by atoms with Gasteiger partial charge in [-0.15, -0.1) is 0 Å². The second kappa shape index (κ2) is 4.80. The molecule has 0 bridgehead atoms. The van der Waals surface area contributed by atoms with Gasteiger partial charge < -0.3 is 14.6 Å². The van der Waals surface area contributed by atoms with Gasteiger partial charge >= 0.3 is 5.97 Å². The standard InChI is InChI=1S/C12H12F2O4/c13-12(14,7-11(15)16)6-8-1-2-9-10(5-8)18-4-3-17-9/h1-2,5H,3-4,6-7H2,(H,15,16). The number of hydrogen-bond acceptors (Lipinski definition) is 3. The lowest BCUT2D eigenvalue weighted by molar-refractivity contribution is -0.144. The molecule has 0 fully saturated rings. The molecule has 0 radical (unpaired) electrons. The van der Waals surface area contributed by atoms with Crippen LogP contribution in [0.3, 0.4) is 0 Å². The molecular formula is C12H12F2O4. The van der Waals surface area contributed by atoms with Gasteiger partial charge in [-0.25, -0.2) is 8.78 Å². The summed E-state index contributed by atoms with van der Waals surface area (Å²) in [5, 5.41) is 8.39. The largest absolute Gasteiger partial charge is 0.486 e. The molecule has 0 amide bonds. The molecule has 6 heteroatoms. The summed E-state index contributed by atoms with van der Waals surface area (Å²) in [7, 11) is 0. The summed E-state index contributed by atoms with van der Waals surface area (Å²) in [6.07, 6.45) is -1.81. The van der Waals surface area contributed by atoms with Crippen molar-refractivity contribution in [3.05, 3.63) is 23.8 Å². The number of benzene rings is 1. The third-order valence-electron chi connectivity index (χ3n) is 2.48. The molecule has 4 nitrogen and oxygen atoms in total. The Morgan fingerprint density at radius 1 is 1.28 bits per heavy atom. The number of carboxylic acid groups (broad SMARTS) is 1. The van der Waals surface area contributed by atoms with Crippen LogP contribution in [0.15, 0.2) is 18.2 Å². The third kappa shape index (κ3) is 3.09. The SMILES string of the molecule is O=C(O)CC(F)(F)Cc1ccc2c(c1)OCCO2. The Morgan fingerprint density at radius 3 is 2.61 bits per heavy atom. The van der Waals surface area contributed by atoms with E-state index in [4.69, 9.17) is 14.6 Å². The van der Waals surface area contributed by atoms with Gasteiger partial charge in [-0.1, -0.05) is 6.07 Å². The lowest BCUT2D eigenvalue weighted by Gasteiger charge is -2.20. The van der Waals surface area contributed by atoms with Gasteiger partial charge in [0.15, 0.2) is 11.5 Å². The van der Waals surface area contributed by atoms with Gasteiger partial charge in [-0.3, -0.25) is 4.79 Å². The van der Waals surface area contributed by atoms with E-state index >= 15 is 0 Å². The van der Waals surface area contributed by atoms with E-state index in [2.05, 4.69) is 0 Å². The normalized spacial score (nSPS) is 14.3. The summed E-state index contributed by atoms with van der Waals surface area (Å²) in [6.45, 7) is 0.809. The molecule has 1 N–H and O–H groups in total. The van der Waals surface area contributed by atoms with Crippen molar-refractivity contribution < 1.29 is 28.2 Å². The zero-order valence-electron chi connectivity index (χ0n) is 9.49. The first kappa shape index (κ1) is 12.6. The van der Waals surface area contributed by atoms with E-state index in [0.29, 0.717) is 30.3 Å². The number of carboxylic acids is 1. The minimum atomic E-state index is -3.27. The molecule has 1 aliphatic heterocycles. The molecule has 0 aromatic heterocycles. The third-order valence-corrected chi connectivity index (χ3v) is 2.48. The highest BCUT2D eigenvalue weighted by atomic mass is 19.3. The molecule has 1 aromatic rings. The van der Waals surface area contributed by atoms with E-state index in [-0.39, 0.29) is 0 Å². The fourth-order valence-electron chi connectivity index (χ4n) is 1.78. The van der Waals surface area contributed by atoms with Crippen LogP contribution in [-0.4, -0.2) is 30.2 Å². The number of aliphatic carboxylic acids is 1. The second-order valence-corrected chi connectivity index (χ2v) is 4.08. The van der Waals surface area contributed by atoms with Crippen molar-refractivity contribution in [2.45, 2.75) is 18.8 Å². The predicted molar refractivity (Wildman–Crippen MR) is 58.3 cm³/mol. The Morgan fingerprint density at radius 2 is 1.94 bits per heavy atom. The quantitative estimate of drug-likeness (QED) is 0.898. The van der Waals surface area contributed by atoms with Crippen molar-refractivity contribution in [2.24, 2.45) is 0 Å². The minimum Gasteiger partial charge on any atom is -0.486 e. The van der Waals surface area contributed by atoms with Crippen LogP contribution in [0.1, 0.15) is 12.0 Å². The summed E-state index contributed by atoms with van der Waals surface area (Å²) >= 11 is 0. The molecule has 0 saturated heterocycles. The van der Waals surface area contributed by atoms with Crippen LogP contribution < -0.4 is 9.47 Å². The first-order chi connectivity index (χ1) is 8.46. The van der Waals surface area contributed by atoms with Crippen LogP contribution in [0.4, 0.5) is 8.78 Å². The van der Waals surface area contributed by atoms with Crippen molar-refractivity contribution in [1.82, 2.24) is 0 Å². The average Bonchev–Trinajstić information content (AvgIpc) is 2.26. The van der Waals surface area contributed by atoms with Crippen molar-refractivity contribution >= 4 is 5.97 Å². The highest BCUT2D eigenvalue weighted by Gasteiger charge is 2.32. The summed E-state index contributed by atoms with van der Waals surface area (Å²) in [5.41, 5.74) is 0.325. The predicted octanol–water partition coefficient (Wildman–Crippen LogP) is 2.11. The monoisotopic (exact) mass is 258 g/mol. The molecule has 0 atom stereocenters. The van der Waals surface area contributed by atoms with E-state index < -0.39 is 24.7 Å². The fraction of sp³-hybridized carbons (Fsp3) is 0.417. The molecule has 18 heavy (non-hydrogen) atoms. The Hall–Kier alpha value is -1.85. The second-order valence-electron chi connectivity index (χ2n) is 4.08. The molecule has 1 aliphatic rings.